The molecule has 0 radical (unpaired) electrons. The minimum atomic E-state index is -0.00329. The molecule has 1 aromatic carbocycles. The molecule has 2 unspecified atom stereocenters. The maximum Gasteiger partial charge on any atom is 0.127 e. The van der Waals surface area contributed by atoms with Crippen LogP contribution >= 0.6 is 0 Å². The highest BCUT2D eigenvalue weighted by molar-refractivity contribution is 5.36. The Labute approximate surface area is 130 Å². The van der Waals surface area contributed by atoms with E-state index in [0.717, 1.165) is 17.5 Å². The van der Waals surface area contributed by atoms with Crippen molar-refractivity contribution >= 4 is 0 Å². The van der Waals surface area contributed by atoms with Crippen molar-refractivity contribution in [1.82, 2.24) is 0 Å². The van der Waals surface area contributed by atoms with Crippen molar-refractivity contribution in [2.24, 2.45) is 11.8 Å². The topological polar surface area (TPSA) is 0 Å². The second kappa shape index (κ2) is 6.94. The number of benzene rings is 1. The first kappa shape index (κ1) is 16.5. The molecule has 0 N–H and O–H groups in total. The van der Waals surface area contributed by atoms with Crippen LogP contribution in [0.4, 0.5) is 4.39 Å². The Balaban J connectivity index is 2.54. The van der Waals surface area contributed by atoms with E-state index in [-0.39, 0.29) is 11.2 Å². The molecule has 0 spiro atoms. The first-order valence-corrected chi connectivity index (χ1v) is 8.81. The van der Waals surface area contributed by atoms with Gasteiger partial charge in [0.25, 0.3) is 0 Å². The van der Waals surface area contributed by atoms with Gasteiger partial charge in [0, 0.05) is 5.41 Å². The predicted octanol–water partition coefficient (Wildman–Crippen LogP) is 6.41. The molecule has 1 aliphatic rings. The Morgan fingerprint density at radius 1 is 1.24 bits per heavy atom. The summed E-state index contributed by atoms with van der Waals surface area (Å²) in [4.78, 5) is 0. The van der Waals surface area contributed by atoms with E-state index in [9.17, 15) is 4.39 Å². The first-order chi connectivity index (χ1) is 10.1. The Morgan fingerprint density at radius 2 is 1.90 bits per heavy atom. The Bertz CT molecular complexity index is 439. The summed E-state index contributed by atoms with van der Waals surface area (Å²) in [6, 6.07) is 5.60. The lowest BCUT2D eigenvalue weighted by molar-refractivity contribution is 0.167. The normalized spacial score (nSPS) is 20.4. The van der Waals surface area contributed by atoms with Gasteiger partial charge in [-0.2, -0.15) is 0 Å². The fourth-order valence-corrected chi connectivity index (χ4v) is 4.86. The monoisotopic (exact) mass is 290 g/mol. The maximum absolute atomic E-state index is 14.7. The molecule has 0 saturated heterocycles. The van der Waals surface area contributed by atoms with Crippen LogP contribution in [0, 0.1) is 24.6 Å². The summed E-state index contributed by atoms with van der Waals surface area (Å²) in [7, 11) is 0. The Morgan fingerprint density at radius 3 is 2.43 bits per heavy atom. The van der Waals surface area contributed by atoms with Gasteiger partial charge in [-0.3, -0.25) is 0 Å². The molecule has 0 amide bonds. The number of hydrogen-bond acceptors (Lipinski definition) is 0. The van der Waals surface area contributed by atoms with E-state index in [1.165, 1.54) is 38.5 Å². The van der Waals surface area contributed by atoms with Crippen LogP contribution in [0.15, 0.2) is 18.2 Å². The maximum atomic E-state index is 14.7. The van der Waals surface area contributed by atoms with Gasteiger partial charge in [-0.1, -0.05) is 58.6 Å². The SMILES string of the molecule is CCCC(CC)C(C)(c1c(C)cccc1F)C1CCCC1. The lowest BCUT2D eigenvalue weighted by atomic mass is 9.60. The molecule has 1 fully saturated rings. The van der Waals surface area contributed by atoms with Crippen LogP contribution in [0.2, 0.25) is 0 Å². The average molecular weight is 290 g/mol. The molecular formula is C20H31F. The number of hydrogen-bond donors (Lipinski definition) is 0. The lowest BCUT2D eigenvalue weighted by Crippen LogP contribution is -2.40. The smallest absolute Gasteiger partial charge is 0.127 e. The molecule has 1 saturated carbocycles. The third kappa shape index (κ3) is 3.03. The highest BCUT2D eigenvalue weighted by atomic mass is 19.1. The molecule has 0 aliphatic heterocycles. The summed E-state index contributed by atoms with van der Waals surface area (Å²) >= 11 is 0. The van der Waals surface area contributed by atoms with Crippen LogP contribution in [-0.2, 0) is 5.41 Å². The molecule has 21 heavy (non-hydrogen) atoms. The van der Waals surface area contributed by atoms with E-state index in [1.54, 1.807) is 6.07 Å². The number of halogens is 1. The molecule has 2 rings (SSSR count). The number of rotatable bonds is 6. The van der Waals surface area contributed by atoms with Crippen molar-refractivity contribution in [1.29, 1.82) is 0 Å². The zero-order valence-corrected chi connectivity index (χ0v) is 14.2. The zero-order chi connectivity index (χ0) is 15.5. The minimum Gasteiger partial charge on any atom is -0.207 e. The summed E-state index contributed by atoms with van der Waals surface area (Å²) in [5.74, 6) is 1.24. The van der Waals surface area contributed by atoms with Gasteiger partial charge >= 0.3 is 0 Å². The van der Waals surface area contributed by atoms with Gasteiger partial charge in [0.2, 0.25) is 0 Å². The first-order valence-electron chi connectivity index (χ1n) is 8.81. The molecule has 1 aliphatic carbocycles. The molecule has 0 nitrogen and oxygen atoms in total. The van der Waals surface area contributed by atoms with Crippen molar-refractivity contribution < 1.29 is 4.39 Å². The Hall–Kier alpha value is -0.850. The summed E-state index contributed by atoms with van der Waals surface area (Å²) in [5.41, 5.74) is 2.15. The summed E-state index contributed by atoms with van der Waals surface area (Å²) < 4.78 is 14.7. The summed E-state index contributed by atoms with van der Waals surface area (Å²) in [6.07, 6.45) is 8.71. The van der Waals surface area contributed by atoms with Crippen molar-refractivity contribution in [3.05, 3.63) is 35.1 Å². The third-order valence-corrected chi connectivity index (χ3v) is 5.94. The molecule has 0 aromatic heterocycles. The molecule has 1 heteroatoms. The minimum absolute atomic E-state index is 0.00329. The number of aryl methyl sites for hydroxylation is 1. The quantitative estimate of drug-likeness (QED) is 0.568. The molecule has 0 heterocycles. The summed E-state index contributed by atoms with van der Waals surface area (Å²) in [6.45, 7) is 8.98. The van der Waals surface area contributed by atoms with Crippen molar-refractivity contribution in [2.45, 2.75) is 78.1 Å². The third-order valence-electron chi connectivity index (χ3n) is 5.94. The average Bonchev–Trinajstić information content (AvgIpc) is 2.98. The van der Waals surface area contributed by atoms with Crippen molar-refractivity contribution in [3.63, 3.8) is 0 Å². The van der Waals surface area contributed by atoms with Gasteiger partial charge < -0.3 is 0 Å². The molecule has 118 valence electrons. The zero-order valence-electron chi connectivity index (χ0n) is 14.2. The van der Waals surface area contributed by atoms with Crippen molar-refractivity contribution in [3.8, 4) is 0 Å². The highest BCUT2D eigenvalue weighted by Gasteiger charge is 2.44. The Kier molecular flexibility index (Phi) is 5.46. The van der Waals surface area contributed by atoms with E-state index < -0.39 is 0 Å². The summed E-state index contributed by atoms with van der Waals surface area (Å²) in [5, 5.41) is 0. The predicted molar refractivity (Wildman–Crippen MR) is 89.1 cm³/mol. The van der Waals surface area contributed by atoms with Gasteiger partial charge in [-0.25, -0.2) is 4.39 Å². The fourth-order valence-electron chi connectivity index (χ4n) is 4.86. The van der Waals surface area contributed by atoms with Crippen LogP contribution < -0.4 is 0 Å². The van der Waals surface area contributed by atoms with Crippen LogP contribution in [-0.4, -0.2) is 0 Å². The lowest BCUT2D eigenvalue weighted by Gasteiger charge is -2.44. The van der Waals surface area contributed by atoms with E-state index in [4.69, 9.17) is 0 Å². The van der Waals surface area contributed by atoms with Crippen molar-refractivity contribution in [2.75, 3.05) is 0 Å². The van der Waals surface area contributed by atoms with E-state index in [2.05, 4.69) is 33.8 Å². The molecule has 2 atom stereocenters. The highest BCUT2D eigenvalue weighted by Crippen LogP contribution is 2.50. The standard InChI is InChI=1S/C20H31F/c1-5-10-16(6-2)20(4,17-12-7-8-13-17)19-15(3)11-9-14-18(19)21/h9,11,14,16-17H,5-8,10,12-13H2,1-4H3. The second-order valence-corrected chi connectivity index (χ2v) is 7.09. The van der Waals surface area contributed by atoms with E-state index >= 15 is 0 Å². The van der Waals surface area contributed by atoms with Crippen LogP contribution in [0.5, 0.6) is 0 Å². The van der Waals surface area contributed by atoms with E-state index in [1.807, 2.05) is 6.07 Å². The second-order valence-electron chi connectivity index (χ2n) is 7.09. The molecule has 0 bridgehead atoms. The largest absolute Gasteiger partial charge is 0.207 e. The van der Waals surface area contributed by atoms with Crippen LogP contribution in [0.3, 0.4) is 0 Å². The van der Waals surface area contributed by atoms with Gasteiger partial charge in [0.15, 0.2) is 0 Å². The fraction of sp³-hybridized carbons (Fsp3) is 0.700. The van der Waals surface area contributed by atoms with Gasteiger partial charge in [0.1, 0.15) is 5.82 Å². The van der Waals surface area contributed by atoms with Gasteiger partial charge in [0.05, 0.1) is 0 Å². The van der Waals surface area contributed by atoms with Gasteiger partial charge in [-0.05, 0) is 55.2 Å². The molecular weight excluding hydrogens is 259 g/mol. The van der Waals surface area contributed by atoms with Crippen LogP contribution in [0.1, 0.15) is 76.8 Å². The van der Waals surface area contributed by atoms with Gasteiger partial charge in [-0.15, -0.1) is 0 Å². The van der Waals surface area contributed by atoms with Crippen LogP contribution in [0.25, 0.3) is 0 Å². The molecule has 1 aromatic rings. The van der Waals surface area contributed by atoms with E-state index in [0.29, 0.717) is 11.8 Å².